The van der Waals surface area contributed by atoms with E-state index in [0.717, 1.165) is 11.8 Å². The third kappa shape index (κ3) is 6.64. The predicted octanol–water partition coefficient (Wildman–Crippen LogP) is 5.94. The zero-order valence-corrected chi connectivity index (χ0v) is 12.2. The van der Waals surface area contributed by atoms with E-state index in [4.69, 9.17) is 0 Å². The maximum atomic E-state index is 2.39. The highest BCUT2D eigenvalue weighted by atomic mass is 14.1. The van der Waals surface area contributed by atoms with Crippen molar-refractivity contribution in [3.05, 3.63) is 42.0 Å². The average Bonchev–Trinajstić information content (AvgIpc) is 2.36. The lowest BCUT2D eigenvalue weighted by Crippen LogP contribution is -2.02. The van der Waals surface area contributed by atoms with Gasteiger partial charge in [-0.1, -0.05) is 76.1 Å². The smallest absolute Gasteiger partial charge is 0.0260 e. The standard InChI is InChI=1S/C18H28/c1-4-10-16(2)15-17(3)11-8-9-14-18-12-6-5-7-13-18/h5-7,9,12-14,16-17H,4,8,10-11,15H2,1-3H3. The molecule has 0 radical (unpaired) electrons. The minimum absolute atomic E-state index is 0.854. The largest absolute Gasteiger partial charge is 0.0839 e. The fourth-order valence-electron chi connectivity index (χ4n) is 2.58. The minimum Gasteiger partial charge on any atom is -0.0839 e. The van der Waals surface area contributed by atoms with Crippen LogP contribution in [0.15, 0.2) is 36.4 Å². The van der Waals surface area contributed by atoms with Crippen LogP contribution in [0, 0.1) is 11.8 Å². The first kappa shape index (κ1) is 15.0. The van der Waals surface area contributed by atoms with E-state index in [1.165, 1.54) is 37.7 Å². The molecule has 18 heavy (non-hydrogen) atoms. The number of allylic oxidation sites excluding steroid dienone is 1. The summed E-state index contributed by atoms with van der Waals surface area (Å²) in [7, 11) is 0. The van der Waals surface area contributed by atoms with Crippen LogP contribution in [0.2, 0.25) is 0 Å². The van der Waals surface area contributed by atoms with E-state index in [1.807, 2.05) is 0 Å². The third-order valence-corrected chi connectivity index (χ3v) is 3.52. The Hall–Kier alpha value is -1.04. The topological polar surface area (TPSA) is 0 Å². The van der Waals surface area contributed by atoms with Gasteiger partial charge < -0.3 is 0 Å². The number of hydrogen-bond donors (Lipinski definition) is 0. The van der Waals surface area contributed by atoms with Crippen LogP contribution in [0.1, 0.15) is 58.4 Å². The Morgan fingerprint density at radius 3 is 2.33 bits per heavy atom. The summed E-state index contributed by atoms with van der Waals surface area (Å²) in [6, 6.07) is 10.6. The molecule has 0 fully saturated rings. The molecule has 0 heteroatoms. The molecule has 1 aromatic rings. The van der Waals surface area contributed by atoms with Crippen LogP contribution in [0.25, 0.3) is 6.08 Å². The molecule has 0 N–H and O–H groups in total. The van der Waals surface area contributed by atoms with Crippen molar-refractivity contribution in [1.29, 1.82) is 0 Å². The molecule has 0 heterocycles. The highest BCUT2D eigenvalue weighted by molar-refractivity contribution is 5.48. The van der Waals surface area contributed by atoms with Gasteiger partial charge in [0.05, 0.1) is 0 Å². The van der Waals surface area contributed by atoms with Crippen LogP contribution in [-0.2, 0) is 0 Å². The lowest BCUT2D eigenvalue weighted by atomic mass is 9.91. The molecular formula is C18H28. The molecule has 0 nitrogen and oxygen atoms in total. The van der Waals surface area contributed by atoms with Crippen molar-refractivity contribution in [2.45, 2.75) is 52.9 Å². The summed E-state index contributed by atoms with van der Waals surface area (Å²) >= 11 is 0. The Balaban J connectivity index is 2.19. The zero-order valence-electron chi connectivity index (χ0n) is 12.2. The first-order valence-corrected chi connectivity index (χ1v) is 7.44. The molecular weight excluding hydrogens is 216 g/mol. The Bertz CT molecular complexity index is 323. The summed E-state index contributed by atoms with van der Waals surface area (Å²) in [5, 5.41) is 0. The first-order chi connectivity index (χ1) is 8.72. The molecule has 0 aliphatic heterocycles. The number of benzene rings is 1. The first-order valence-electron chi connectivity index (χ1n) is 7.44. The SMILES string of the molecule is CCCC(C)CC(C)CCC=Cc1ccccc1. The Morgan fingerprint density at radius 2 is 1.67 bits per heavy atom. The van der Waals surface area contributed by atoms with E-state index >= 15 is 0 Å². The molecule has 0 spiro atoms. The molecule has 0 aliphatic rings. The van der Waals surface area contributed by atoms with Crippen molar-refractivity contribution < 1.29 is 0 Å². The van der Waals surface area contributed by atoms with Gasteiger partial charge in [0.15, 0.2) is 0 Å². The second-order valence-electron chi connectivity index (χ2n) is 5.63. The average molecular weight is 244 g/mol. The van der Waals surface area contributed by atoms with Crippen molar-refractivity contribution >= 4 is 6.08 Å². The van der Waals surface area contributed by atoms with Crippen molar-refractivity contribution in [1.82, 2.24) is 0 Å². The predicted molar refractivity (Wildman–Crippen MR) is 82.6 cm³/mol. The van der Waals surface area contributed by atoms with Gasteiger partial charge >= 0.3 is 0 Å². The quantitative estimate of drug-likeness (QED) is 0.530. The van der Waals surface area contributed by atoms with Crippen LogP contribution in [0.3, 0.4) is 0 Å². The molecule has 0 saturated carbocycles. The van der Waals surface area contributed by atoms with Crippen molar-refractivity contribution in [3.8, 4) is 0 Å². The molecule has 0 aliphatic carbocycles. The summed E-state index contributed by atoms with van der Waals surface area (Å²) in [5.74, 6) is 1.75. The molecule has 0 saturated heterocycles. The van der Waals surface area contributed by atoms with Gasteiger partial charge in [-0.25, -0.2) is 0 Å². The molecule has 0 aromatic heterocycles. The van der Waals surface area contributed by atoms with Crippen LogP contribution in [0.5, 0.6) is 0 Å². The third-order valence-electron chi connectivity index (χ3n) is 3.52. The molecule has 100 valence electrons. The summed E-state index contributed by atoms with van der Waals surface area (Å²) < 4.78 is 0. The fraction of sp³-hybridized carbons (Fsp3) is 0.556. The normalized spacial score (nSPS) is 14.8. The maximum absolute atomic E-state index is 2.39. The maximum Gasteiger partial charge on any atom is -0.0260 e. The van der Waals surface area contributed by atoms with E-state index in [0.29, 0.717) is 0 Å². The monoisotopic (exact) mass is 244 g/mol. The lowest BCUT2D eigenvalue weighted by molar-refractivity contribution is 0.377. The minimum atomic E-state index is 0.854. The zero-order chi connectivity index (χ0) is 13.2. The van der Waals surface area contributed by atoms with Gasteiger partial charge in [-0.05, 0) is 36.7 Å². The van der Waals surface area contributed by atoms with Gasteiger partial charge in [0, 0.05) is 0 Å². The molecule has 2 unspecified atom stereocenters. The van der Waals surface area contributed by atoms with E-state index in [9.17, 15) is 0 Å². The molecule has 0 bridgehead atoms. The van der Waals surface area contributed by atoms with Crippen molar-refractivity contribution in [3.63, 3.8) is 0 Å². The van der Waals surface area contributed by atoms with E-state index < -0.39 is 0 Å². The molecule has 2 atom stereocenters. The molecule has 1 aromatic carbocycles. The fourth-order valence-corrected chi connectivity index (χ4v) is 2.58. The van der Waals surface area contributed by atoms with Gasteiger partial charge in [0.1, 0.15) is 0 Å². The summed E-state index contributed by atoms with van der Waals surface area (Å²) in [6.45, 7) is 7.06. The summed E-state index contributed by atoms with van der Waals surface area (Å²) in [4.78, 5) is 0. The van der Waals surface area contributed by atoms with Crippen molar-refractivity contribution in [2.75, 3.05) is 0 Å². The highest BCUT2D eigenvalue weighted by Crippen LogP contribution is 2.20. The summed E-state index contributed by atoms with van der Waals surface area (Å²) in [5.41, 5.74) is 1.31. The molecule has 0 amide bonds. The Labute approximate surface area is 113 Å². The van der Waals surface area contributed by atoms with E-state index in [2.05, 4.69) is 63.3 Å². The summed E-state index contributed by atoms with van der Waals surface area (Å²) in [6.07, 6.45) is 11.2. The van der Waals surface area contributed by atoms with E-state index in [-0.39, 0.29) is 0 Å². The Kier molecular flexibility index (Phi) is 7.48. The van der Waals surface area contributed by atoms with Crippen LogP contribution < -0.4 is 0 Å². The highest BCUT2D eigenvalue weighted by Gasteiger charge is 2.06. The molecule has 1 rings (SSSR count). The van der Waals surface area contributed by atoms with Gasteiger partial charge in [-0.2, -0.15) is 0 Å². The van der Waals surface area contributed by atoms with Gasteiger partial charge in [-0.15, -0.1) is 0 Å². The van der Waals surface area contributed by atoms with Gasteiger partial charge in [-0.3, -0.25) is 0 Å². The second-order valence-corrected chi connectivity index (χ2v) is 5.63. The van der Waals surface area contributed by atoms with E-state index in [1.54, 1.807) is 0 Å². The lowest BCUT2D eigenvalue weighted by Gasteiger charge is -2.15. The van der Waals surface area contributed by atoms with Crippen LogP contribution >= 0.6 is 0 Å². The second kappa shape index (κ2) is 8.97. The number of hydrogen-bond acceptors (Lipinski definition) is 0. The Morgan fingerprint density at radius 1 is 1.00 bits per heavy atom. The number of rotatable bonds is 8. The van der Waals surface area contributed by atoms with Crippen molar-refractivity contribution in [2.24, 2.45) is 11.8 Å². The van der Waals surface area contributed by atoms with Gasteiger partial charge in [0.2, 0.25) is 0 Å². The van der Waals surface area contributed by atoms with Gasteiger partial charge in [0.25, 0.3) is 0 Å². The van der Waals surface area contributed by atoms with Crippen LogP contribution in [-0.4, -0.2) is 0 Å². The van der Waals surface area contributed by atoms with Crippen LogP contribution in [0.4, 0.5) is 0 Å².